The number of hydrogen-bond acceptors (Lipinski definition) is 2. The van der Waals surface area contributed by atoms with E-state index in [0.717, 1.165) is 5.52 Å². The molecule has 3 nitrogen and oxygen atoms in total. The van der Waals surface area contributed by atoms with Crippen molar-refractivity contribution in [3.8, 4) is 0 Å². The number of oxime groups is 1. The third-order valence-electron chi connectivity index (χ3n) is 2.00. The molecule has 1 aromatic heterocycles. The quantitative estimate of drug-likeness (QED) is 0.575. The highest BCUT2D eigenvalue weighted by Crippen LogP contribution is 2.18. The number of benzene rings is 1. The maximum atomic E-state index is 13.7. The van der Waals surface area contributed by atoms with E-state index in [1.807, 2.05) is 0 Å². The molecule has 0 aliphatic heterocycles. The van der Waals surface area contributed by atoms with Gasteiger partial charge in [0.1, 0.15) is 12.9 Å². The number of nitrogens with zero attached hydrogens (tertiary/aromatic N) is 1. The van der Waals surface area contributed by atoms with Crippen molar-refractivity contribution >= 4 is 17.1 Å². The predicted molar refractivity (Wildman–Crippen MR) is 52.9 cm³/mol. The highest BCUT2D eigenvalue weighted by atomic mass is 19.1. The minimum atomic E-state index is -0.287. The van der Waals surface area contributed by atoms with Gasteiger partial charge in [0.15, 0.2) is 0 Å². The molecule has 0 amide bonds. The van der Waals surface area contributed by atoms with Crippen LogP contribution in [0.4, 0.5) is 4.39 Å². The molecule has 2 aromatic rings. The zero-order valence-corrected chi connectivity index (χ0v) is 7.62. The van der Waals surface area contributed by atoms with E-state index in [4.69, 9.17) is 0 Å². The van der Waals surface area contributed by atoms with Crippen molar-refractivity contribution in [3.05, 3.63) is 35.8 Å². The number of hydrogen-bond donors (Lipinski definition) is 1. The summed E-state index contributed by atoms with van der Waals surface area (Å²) in [5.41, 5.74) is 1.19. The van der Waals surface area contributed by atoms with Crippen LogP contribution in [0, 0.1) is 5.82 Å². The van der Waals surface area contributed by atoms with Crippen LogP contribution in [0.25, 0.3) is 10.9 Å². The van der Waals surface area contributed by atoms with Crippen LogP contribution in [0.15, 0.2) is 29.6 Å². The average molecular weight is 192 g/mol. The average Bonchev–Trinajstić information content (AvgIpc) is 2.66. The van der Waals surface area contributed by atoms with Crippen LogP contribution in [0.2, 0.25) is 0 Å². The Bertz CT molecular complexity index is 476. The van der Waals surface area contributed by atoms with Gasteiger partial charge in [-0.05, 0) is 18.2 Å². The molecule has 0 aliphatic carbocycles. The smallest absolute Gasteiger partial charge is 0.141 e. The fourth-order valence-corrected chi connectivity index (χ4v) is 1.32. The summed E-state index contributed by atoms with van der Waals surface area (Å²) in [6.45, 7) is 0. The second kappa shape index (κ2) is 3.49. The first-order valence-electron chi connectivity index (χ1n) is 4.15. The van der Waals surface area contributed by atoms with Crippen LogP contribution >= 0.6 is 0 Å². The molecule has 0 radical (unpaired) electrons. The Morgan fingerprint density at radius 2 is 2.29 bits per heavy atom. The molecule has 1 N–H and O–H groups in total. The summed E-state index contributed by atoms with van der Waals surface area (Å²) in [7, 11) is 1.42. The molecule has 4 heteroatoms. The third kappa shape index (κ3) is 1.35. The summed E-state index contributed by atoms with van der Waals surface area (Å²) in [6.07, 6.45) is 3.05. The molecule has 72 valence electrons. The van der Waals surface area contributed by atoms with Crippen molar-refractivity contribution in [1.29, 1.82) is 0 Å². The summed E-state index contributed by atoms with van der Waals surface area (Å²) >= 11 is 0. The molecule has 0 aliphatic rings. The van der Waals surface area contributed by atoms with Crippen molar-refractivity contribution in [3.63, 3.8) is 0 Å². The lowest BCUT2D eigenvalue weighted by molar-refractivity contribution is 0.215. The minimum Gasteiger partial charge on any atom is -0.399 e. The van der Waals surface area contributed by atoms with Gasteiger partial charge in [-0.1, -0.05) is 5.16 Å². The van der Waals surface area contributed by atoms with Crippen molar-refractivity contribution in [2.24, 2.45) is 5.16 Å². The third-order valence-corrected chi connectivity index (χ3v) is 2.00. The maximum absolute atomic E-state index is 13.7. The topological polar surface area (TPSA) is 37.4 Å². The van der Waals surface area contributed by atoms with Gasteiger partial charge in [0.2, 0.25) is 0 Å². The molecular weight excluding hydrogens is 183 g/mol. The summed E-state index contributed by atoms with van der Waals surface area (Å²) in [5, 5.41) is 4.08. The summed E-state index contributed by atoms with van der Waals surface area (Å²) < 4.78 is 13.7. The Labute approximate surface area is 80.2 Å². The van der Waals surface area contributed by atoms with Crippen LogP contribution < -0.4 is 0 Å². The van der Waals surface area contributed by atoms with E-state index >= 15 is 0 Å². The molecule has 2 rings (SSSR count). The highest BCUT2D eigenvalue weighted by molar-refractivity contribution is 5.89. The molecular formula is C10H9FN2O. The molecule has 0 fully saturated rings. The second-order valence-electron chi connectivity index (χ2n) is 2.82. The lowest BCUT2D eigenvalue weighted by Crippen LogP contribution is -1.89. The van der Waals surface area contributed by atoms with Gasteiger partial charge in [-0.15, -0.1) is 0 Å². The number of rotatable bonds is 2. The molecule has 0 atom stereocenters. The molecule has 0 saturated heterocycles. The Morgan fingerprint density at radius 1 is 1.43 bits per heavy atom. The predicted octanol–water partition coefficient (Wildman–Crippen LogP) is 2.29. The van der Waals surface area contributed by atoms with Crippen LogP contribution in [-0.4, -0.2) is 18.3 Å². The van der Waals surface area contributed by atoms with Gasteiger partial charge in [-0.25, -0.2) is 4.39 Å². The van der Waals surface area contributed by atoms with E-state index < -0.39 is 0 Å². The highest BCUT2D eigenvalue weighted by Gasteiger charge is 2.05. The standard InChI is InChI=1S/C10H9FN2O/c1-14-13-6-7-2-3-9-8(10(7)11)4-5-12-9/h2-6,12H,1H3/b13-6+. The Morgan fingerprint density at radius 3 is 3.07 bits per heavy atom. The van der Waals surface area contributed by atoms with E-state index in [0.29, 0.717) is 10.9 Å². The van der Waals surface area contributed by atoms with Gasteiger partial charge in [-0.3, -0.25) is 0 Å². The fraction of sp³-hybridized carbons (Fsp3) is 0.100. The van der Waals surface area contributed by atoms with Crippen molar-refractivity contribution < 1.29 is 9.23 Å². The van der Waals surface area contributed by atoms with Gasteiger partial charge >= 0.3 is 0 Å². The molecule has 14 heavy (non-hydrogen) atoms. The van der Waals surface area contributed by atoms with Crippen molar-refractivity contribution in [2.45, 2.75) is 0 Å². The summed E-state index contributed by atoms with van der Waals surface area (Å²) in [6, 6.07) is 5.14. The summed E-state index contributed by atoms with van der Waals surface area (Å²) in [5.74, 6) is -0.287. The zero-order valence-electron chi connectivity index (χ0n) is 7.62. The first-order chi connectivity index (χ1) is 6.83. The molecule has 0 bridgehead atoms. The zero-order chi connectivity index (χ0) is 9.97. The monoisotopic (exact) mass is 192 g/mol. The van der Waals surface area contributed by atoms with Gasteiger partial charge in [0.25, 0.3) is 0 Å². The lowest BCUT2D eigenvalue weighted by Gasteiger charge is -1.97. The van der Waals surface area contributed by atoms with Crippen LogP contribution in [-0.2, 0) is 4.84 Å². The normalized spacial score (nSPS) is 11.3. The number of fused-ring (bicyclic) bond motifs is 1. The summed E-state index contributed by atoms with van der Waals surface area (Å²) in [4.78, 5) is 7.42. The van der Waals surface area contributed by atoms with Gasteiger partial charge < -0.3 is 9.82 Å². The lowest BCUT2D eigenvalue weighted by atomic mass is 10.1. The molecule has 0 unspecified atom stereocenters. The van der Waals surface area contributed by atoms with E-state index in [2.05, 4.69) is 15.0 Å². The first-order valence-corrected chi connectivity index (χ1v) is 4.15. The minimum absolute atomic E-state index is 0.287. The van der Waals surface area contributed by atoms with Crippen molar-refractivity contribution in [2.75, 3.05) is 7.11 Å². The van der Waals surface area contributed by atoms with E-state index in [1.165, 1.54) is 13.3 Å². The van der Waals surface area contributed by atoms with Gasteiger partial charge in [0.05, 0.1) is 6.21 Å². The molecule has 1 aromatic carbocycles. The van der Waals surface area contributed by atoms with Crippen molar-refractivity contribution in [1.82, 2.24) is 4.98 Å². The Hall–Kier alpha value is -1.84. The number of aromatic nitrogens is 1. The van der Waals surface area contributed by atoms with Gasteiger partial charge in [0, 0.05) is 22.7 Å². The number of halogens is 1. The number of H-pyrrole nitrogens is 1. The SMILES string of the molecule is CO/N=C/c1ccc2[nH]ccc2c1F. The van der Waals surface area contributed by atoms with Crippen LogP contribution in [0.3, 0.4) is 0 Å². The maximum Gasteiger partial charge on any atom is 0.141 e. The molecule has 1 heterocycles. The molecule has 0 saturated carbocycles. The Balaban J connectivity index is 2.56. The Kier molecular flexibility index (Phi) is 2.18. The van der Waals surface area contributed by atoms with E-state index in [-0.39, 0.29) is 5.82 Å². The fourth-order valence-electron chi connectivity index (χ4n) is 1.32. The van der Waals surface area contributed by atoms with Gasteiger partial charge in [-0.2, -0.15) is 0 Å². The van der Waals surface area contributed by atoms with Crippen LogP contribution in [0.5, 0.6) is 0 Å². The largest absolute Gasteiger partial charge is 0.399 e. The number of aromatic amines is 1. The van der Waals surface area contributed by atoms with Crippen LogP contribution in [0.1, 0.15) is 5.56 Å². The molecule has 0 spiro atoms. The van der Waals surface area contributed by atoms with E-state index in [9.17, 15) is 4.39 Å². The second-order valence-corrected chi connectivity index (χ2v) is 2.82. The number of nitrogens with one attached hydrogen (secondary N) is 1. The van der Waals surface area contributed by atoms with E-state index in [1.54, 1.807) is 24.4 Å². The first kappa shape index (κ1) is 8.74.